The van der Waals surface area contributed by atoms with Gasteiger partial charge >= 0.3 is 0 Å². The summed E-state index contributed by atoms with van der Waals surface area (Å²) < 4.78 is 24.5. The van der Waals surface area contributed by atoms with Crippen molar-refractivity contribution >= 4 is 40.9 Å². The number of ether oxygens (including phenoxy) is 1. The van der Waals surface area contributed by atoms with Crippen LogP contribution < -0.4 is 10.1 Å². The molecular formula is C23H18ClFN2O3S. The molecule has 0 aliphatic carbocycles. The molecule has 5 nitrogen and oxygen atoms in total. The molecule has 8 heteroatoms. The molecule has 0 bridgehead atoms. The maximum absolute atomic E-state index is 13.2. The number of hydrogen-bond donors (Lipinski definition) is 1. The van der Waals surface area contributed by atoms with E-state index in [1.54, 1.807) is 23.1 Å². The molecule has 0 spiro atoms. The van der Waals surface area contributed by atoms with Crippen LogP contribution in [0.5, 0.6) is 5.75 Å². The van der Waals surface area contributed by atoms with E-state index in [0.29, 0.717) is 28.1 Å². The highest BCUT2D eigenvalue weighted by Crippen LogP contribution is 2.27. The number of halogens is 2. The second-order valence-corrected chi connectivity index (χ2v) is 7.71. The number of furan rings is 1. The van der Waals surface area contributed by atoms with Gasteiger partial charge in [0, 0.05) is 12.1 Å². The normalized spacial score (nSPS) is 16.0. The molecule has 0 radical (unpaired) electrons. The van der Waals surface area contributed by atoms with Crippen molar-refractivity contribution in [3.63, 3.8) is 0 Å². The summed E-state index contributed by atoms with van der Waals surface area (Å²) in [6, 6.07) is 17.0. The van der Waals surface area contributed by atoms with Crippen molar-refractivity contribution in [2.24, 2.45) is 0 Å². The Labute approximate surface area is 189 Å². The molecule has 2 heterocycles. The van der Waals surface area contributed by atoms with Gasteiger partial charge in [-0.3, -0.25) is 9.69 Å². The van der Waals surface area contributed by atoms with Crippen LogP contribution >= 0.6 is 23.8 Å². The molecule has 31 heavy (non-hydrogen) atoms. The highest BCUT2D eigenvalue weighted by Gasteiger charge is 2.35. The maximum atomic E-state index is 13.2. The van der Waals surface area contributed by atoms with Gasteiger partial charge in [0.1, 0.15) is 35.4 Å². The van der Waals surface area contributed by atoms with Crippen molar-refractivity contribution in [1.82, 2.24) is 10.2 Å². The Morgan fingerprint density at radius 3 is 2.74 bits per heavy atom. The lowest BCUT2D eigenvalue weighted by molar-refractivity contribution is -0.123. The summed E-state index contributed by atoms with van der Waals surface area (Å²) in [5, 5.41) is 3.29. The van der Waals surface area contributed by atoms with Gasteiger partial charge in [0.25, 0.3) is 5.91 Å². The highest BCUT2D eigenvalue weighted by molar-refractivity contribution is 7.80. The van der Waals surface area contributed by atoms with E-state index in [0.717, 1.165) is 5.56 Å². The van der Waals surface area contributed by atoms with Gasteiger partial charge in [-0.2, -0.15) is 0 Å². The molecule has 3 aromatic rings. The Morgan fingerprint density at radius 1 is 1.23 bits per heavy atom. The molecule has 1 amide bonds. The zero-order valence-corrected chi connectivity index (χ0v) is 18.0. The lowest BCUT2D eigenvalue weighted by atomic mass is 10.1. The standard InChI is InChI=1S/C23H18ClFN2O3S/c1-14(15-5-3-2-4-6-15)27-22(28)21(26-23(27)31)12-17-7-8-18(30-17)13-29-16-9-10-20(25)19(24)11-16/h2-12,14H,13H2,1H3,(H,26,31)/b21-12-. The van der Waals surface area contributed by atoms with Crippen LogP contribution in [0.3, 0.4) is 0 Å². The first-order chi connectivity index (χ1) is 14.9. The molecule has 158 valence electrons. The van der Waals surface area contributed by atoms with Crippen LogP contribution in [0.25, 0.3) is 6.08 Å². The summed E-state index contributed by atoms with van der Waals surface area (Å²) >= 11 is 11.1. The molecule has 1 saturated heterocycles. The summed E-state index contributed by atoms with van der Waals surface area (Å²) in [5.74, 6) is 0.698. The molecule has 1 aliphatic heterocycles. The zero-order chi connectivity index (χ0) is 22.0. The van der Waals surface area contributed by atoms with Crippen molar-refractivity contribution in [1.29, 1.82) is 0 Å². The number of carbonyl (C=O) groups excluding carboxylic acids is 1. The first-order valence-corrected chi connectivity index (χ1v) is 10.3. The van der Waals surface area contributed by atoms with E-state index < -0.39 is 5.82 Å². The minimum Gasteiger partial charge on any atom is -0.486 e. The number of amides is 1. The van der Waals surface area contributed by atoms with Gasteiger partial charge in [-0.1, -0.05) is 41.9 Å². The summed E-state index contributed by atoms with van der Waals surface area (Å²) in [6.45, 7) is 2.05. The van der Waals surface area contributed by atoms with E-state index in [1.807, 2.05) is 37.3 Å². The number of nitrogens with zero attached hydrogens (tertiary/aromatic N) is 1. The zero-order valence-electron chi connectivity index (χ0n) is 16.5. The highest BCUT2D eigenvalue weighted by atomic mass is 35.5. The average Bonchev–Trinajstić information content (AvgIpc) is 3.33. The van der Waals surface area contributed by atoms with Crippen LogP contribution in [0.4, 0.5) is 4.39 Å². The Hall–Kier alpha value is -3.16. The van der Waals surface area contributed by atoms with Crippen molar-refractivity contribution in [2.45, 2.75) is 19.6 Å². The van der Waals surface area contributed by atoms with Gasteiger partial charge in [0.2, 0.25) is 0 Å². The number of hydrogen-bond acceptors (Lipinski definition) is 4. The van der Waals surface area contributed by atoms with Crippen molar-refractivity contribution in [3.8, 4) is 5.75 Å². The summed E-state index contributed by atoms with van der Waals surface area (Å²) in [4.78, 5) is 14.5. The molecule has 1 fully saturated rings. The second-order valence-electron chi connectivity index (χ2n) is 6.92. The van der Waals surface area contributed by atoms with Crippen molar-refractivity contribution < 1.29 is 18.3 Å². The Bertz CT molecular complexity index is 1160. The minimum absolute atomic E-state index is 0.0153. The number of benzene rings is 2. The molecule has 1 aromatic heterocycles. The van der Waals surface area contributed by atoms with E-state index >= 15 is 0 Å². The third-order valence-electron chi connectivity index (χ3n) is 4.82. The number of rotatable bonds is 6. The van der Waals surface area contributed by atoms with E-state index in [1.165, 1.54) is 18.2 Å². The van der Waals surface area contributed by atoms with E-state index in [9.17, 15) is 9.18 Å². The average molecular weight is 457 g/mol. The molecule has 1 atom stereocenters. The molecule has 4 rings (SSSR count). The fraction of sp³-hybridized carbons (Fsp3) is 0.130. The van der Waals surface area contributed by atoms with Crippen LogP contribution in [0.2, 0.25) is 5.02 Å². The second kappa shape index (κ2) is 8.91. The smallest absolute Gasteiger partial charge is 0.277 e. The fourth-order valence-electron chi connectivity index (χ4n) is 3.19. The Kier molecular flexibility index (Phi) is 6.06. The van der Waals surface area contributed by atoms with Crippen molar-refractivity contribution in [3.05, 3.63) is 94.3 Å². The van der Waals surface area contributed by atoms with E-state index in [4.69, 9.17) is 33.0 Å². The third kappa shape index (κ3) is 4.62. The summed E-state index contributed by atoms with van der Waals surface area (Å²) in [5.41, 5.74) is 1.32. The van der Waals surface area contributed by atoms with Crippen LogP contribution in [-0.4, -0.2) is 15.9 Å². The van der Waals surface area contributed by atoms with E-state index in [2.05, 4.69) is 5.32 Å². The number of carbonyl (C=O) groups is 1. The molecule has 0 saturated carbocycles. The quantitative estimate of drug-likeness (QED) is 0.393. The summed E-state index contributed by atoms with van der Waals surface area (Å²) in [6.07, 6.45) is 1.60. The molecule has 1 aliphatic rings. The molecular weight excluding hydrogens is 439 g/mol. The van der Waals surface area contributed by atoms with Gasteiger partial charge in [-0.25, -0.2) is 4.39 Å². The molecule has 1 N–H and O–H groups in total. The Balaban J connectivity index is 1.44. The van der Waals surface area contributed by atoms with Crippen LogP contribution in [0, 0.1) is 5.82 Å². The first kappa shape index (κ1) is 21.1. The first-order valence-electron chi connectivity index (χ1n) is 9.50. The minimum atomic E-state index is -0.511. The van der Waals surface area contributed by atoms with Crippen LogP contribution in [0.1, 0.15) is 30.0 Å². The molecule has 1 unspecified atom stereocenters. The monoisotopic (exact) mass is 456 g/mol. The predicted octanol–water partition coefficient (Wildman–Crippen LogP) is 5.47. The van der Waals surface area contributed by atoms with Gasteiger partial charge in [0.05, 0.1) is 11.1 Å². The van der Waals surface area contributed by atoms with Gasteiger partial charge in [-0.05, 0) is 49.0 Å². The third-order valence-corrected chi connectivity index (χ3v) is 5.41. The summed E-state index contributed by atoms with van der Waals surface area (Å²) in [7, 11) is 0. The van der Waals surface area contributed by atoms with Crippen LogP contribution in [0.15, 0.2) is 70.8 Å². The molecule has 2 aromatic carbocycles. The number of nitrogens with one attached hydrogen (secondary N) is 1. The predicted molar refractivity (Wildman–Crippen MR) is 120 cm³/mol. The van der Waals surface area contributed by atoms with Gasteiger partial charge in [0.15, 0.2) is 5.11 Å². The Morgan fingerprint density at radius 2 is 2.00 bits per heavy atom. The number of thiocarbonyl (C=S) groups is 1. The van der Waals surface area contributed by atoms with Gasteiger partial charge < -0.3 is 14.5 Å². The largest absolute Gasteiger partial charge is 0.486 e. The lowest BCUT2D eigenvalue weighted by Gasteiger charge is -2.23. The topological polar surface area (TPSA) is 54.7 Å². The van der Waals surface area contributed by atoms with E-state index in [-0.39, 0.29) is 23.6 Å². The van der Waals surface area contributed by atoms with Crippen LogP contribution in [-0.2, 0) is 11.4 Å². The van der Waals surface area contributed by atoms with Crippen molar-refractivity contribution in [2.75, 3.05) is 0 Å². The SMILES string of the molecule is CC(c1ccccc1)N1C(=O)/C(=C/c2ccc(COc3ccc(F)c(Cl)c3)o2)NC1=S. The fourth-order valence-corrected chi connectivity index (χ4v) is 3.72. The maximum Gasteiger partial charge on any atom is 0.277 e. The lowest BCUT2D eigenvalue weighted by Crippen LogP contribution is -2.33. The van der Waals surface area contributed by atoms with Gasteiger partial charge in [-0.15, -0.1) is 0 Å².